The van der Waals surface area contributed by atoms with Crippen molar-refractivity contribution in [3.63, 3.8) is 0 Å². The van der Waals surface area contributed by atoms with Crippen molar-refractivity contribution in [1.29, 1.82) is 0 Å². The molecule has 0 spiro atoms. The van der Waals surface area contributed by atoms with E-state index in [1.807, 2.05) is 12.1 Å². The van der Waals surface area contributed by atoms with Crippen LogP contribution in [0.25, 0.3) is 0 Å². The third kappa shape index (κ3) is 5.36. The van der Waals surface area contributed by atoms with Crippen LogP contribution in [-0.4, -0.2) is 27.6 Å². The van der Waals surface area contributed by atoms with Gasteiger partial charge in [0.25, 0.3) is 0 Å². The summed E-state index contributed by atoms with van der Waals surface area (Å²) >= 11 is 6.01. The first kappa shape index (κ1) is 18.5. The molecule has 0 atom stereocenters. The number of hydrogen-bond acceptors (Lipinski definition) is 6. The summed E-state index contributed by atoms with van der Waals surface area (Å²) in [7, 11) is 0. The van der Waals surface area contributed by atoms with Gasteiger partial charge in [0.2, 0.25) is 11.0 Å². The average molecular weight is 440 g/mol. The van der Waals surface area contributed by atoms with Gasteiger partial charge in [-0.2, -0.15) is 0 Å². The minimum Gasteiger partial charge on any atom is -0.300 e. The molecule has 0 unspecified atom stereocenters. The summed E-state index contributed by atoms with van der Waals surface area (Å²) in [6.45, 7) is 0. The fourth-order valence-electron chi connectivity index (χ4n) is 2.74. The van der Waals surface area contributed by atoms with Crippen LogP contribution in [0.3, 0.4) is 0 Å². The Morgan fingerprint density at radius 1 is 1.16 bits per heavy atom. The van der Waals surface area contributed by atoms with Crippen LogP contribution < -0.4 is 5.32 Å². The zero-order valence-electron chi connectivity index (χ0n) is 13.5. The van der Waals surface area contributed by atoms with Gasteiger partial charge in [-0.05, 0) is 25.0 Å². The number of anilines is 1. The zero-order valence-corrected chi connectivity index (χ0v) is 16.8. The summed E-state index contributed by atoms with van der Waals surface area (Å²) in [6.07, 6.45) is 5.36. The van der Waals surface area contributed by atoms with Crippen LogP contribution in [0.5, 0.6) is 0 Å². The molecule has 1 heterocycles. The number of halogens is 1. The summed E-state index contributed by atoms with van der Waals surface area (Å²) in [5.74, 6) is 0.471. The molecule has 1 aliphatic carbocycles. The first-order valence-electron chi connectivity index (χ1n) is 8.18. The monoisotopic (exact) mass is 439 g/mol. The van der Waals surface area contributed by atoms with Crippen molar-refractivity contribution in [2.45, 2.75) is 36.4 Å². The number of hydrogen-bond donors (Lipinski definition) is 1. The first-order valence-corrected chi connectivity index (χ1v) is 10.8. The molecular weight excluding hydrogens is 422 g/mol. The second-order valence-electron chi connectivity index (χ2n) is 5.92. The maximum absolute atomic E-state index is 12.2. The fraction of sp³-hybridized carbons (Fsp3) is 0.412. The number of nitrogens with one attached hydrogen (secondary N) is 1. The smallest absolute Gasteiger partial charge is 0.229 e. The summed E-state index contributed by atoms with van der Waals surface area (Å²) in [4.78, 5) is 24.4. The summed E-state index contributed by atoms with van der Waals surface area (Å²) in [6, 6.07) is 7.29. The van der Waals surface area contributed by atoms with Gasteiger partial charge in [0.1, 0.15) is 0 Å². The molecule has 0 aliphatic heterocycles. The molecule has 8 heteroatoms. The summed E-state index contributed by atoms with van der Waals surface area (Å²) < 4.78 is 1.63. The van der Waals surface area contributed by atoms with Crippen LogP contribution in [0.4, 0.5) is 5.13 Å². The lowest BCUT2D eigenvalue weighted by molar-refractivity contribution is -0.120. The van der Waals surface area contributed by atoms with Gasteiger partial charge in [-0.3, -0.25) is 9.59 Å². The SMILES string of the molecule is O=C(CSc1nnc(NC(=O)C2CCCCC2)s1)c1ccc(Br)cc1. The maximum atomic E-state index is 12.2. The molecule has 3 rings (SSSR count). The Kier molecular flexibility index (Phi) is 6.61. The van der Waals surface area contributed by atoms with Crippen molar-refractivity contribution >= 4 is 55.9 Å². The van der Waals surface area contributed by atoms with Crippen LogP contribution in [-0.2, 0) is 4.79 Å². The van der Waals surface area contributed by atoms with Gasteiger partial charge in [-0.15, -0.1) is 10.2 Å². The zero-order chi connectivity index (χ0) is 17.6. The number of carbonyl (C=O) groups is 2. The third-order valence-electron chi connectivity index (χ3n) is 4.11. The van der Waals surface area contributed by atoms with E-state index in [1.165, 1.54) is 29.5 Å². The molecule has 132 valence electrons. The molecule has 1 amide bonds. The van der Waals surface area contributed by atoms with E-state index in [1.54, 1.807) is 12.1 Å². The van der Waals surface area contributed by atoms with E-state index in [2.05, 4.69) is 31.4 Å². The molecular formula is C17H18BrN3O2S2. The molecule has 1 aromatic heterocycles. The van der Waals surface area contributed by atoms with Gasteiger partial charge in [0.15, 0.2) is 10.1 Å². The standard InChI is InChI=1S/C17H18BrN3O2S2/c18-13-8-6-11(7-9-13)14(22)10-24-17-21-20-16(25-17)19-15(23)12-4-2-1-3-5-12/h6-9,12H,1-5,10H2,(H,19,20,23). The van der Waals surface area contributed by atoms with Crippen molar-refractivity contribution in [1.82, 2.24) is 10.2 Å². The quantitative estimate of drug-likeness (QED) is 0.397. The topological polar surface area (TPSA) is 72.0 Å². The number of Topliss-reactive ketones (excluding diaryl/α,β-unsaturated/α-hetero) is 1. The van der Waals surface area contributed by atoms with Crippen molar-refractivity contribution in [3.8, 4) is 0 Å². The van der Waals surface area contributed by atoms with E-state index in [9.17, 15) is 9.59 Å². The highest BCUT2D eigenvalue weighted by atomic mass is 79.9. The van der Waals surface area contributed by atoms with E-state index in [0.717, 1.165) is 30.2 Å². The number of thioether (sulfide) groups is 1. The Hall–Kier alpha value is -1.25. The van der Waals surface area contributed by atoms with Crippen LogP contribution in [0.2, 0.25) is 0 Å². The van der Waals surface area contributed by atoms with Crippen LogP contribution in [0.15, 0.2) is 33.1 Å². The van der Waals surface area contributed by atoms with Gasteiger partial charge in [0, 0.05) is 16.0 Å². The average Bonchev–Trinajstić information content (AvgIpc) is 3.08. The maximum Gasteiger partial charge on any atom is 0.229 e. The lowest BCUT2D eigenvalue weighted by Crippen LogP contribution is -2.24. The molecule has 1 aromatic carbocycles. The molecule has 0 radical (unpaired) electrons. The summed E-state index contributed by atoms with van der Waals surface area (Å²) in [5.41, 5.74) is 0.672. The van der Waals surface area contributed by atoms with Crippen LogP contribution in [0, 0.1) is 5.92 Å². The predicted molar refractivity (Wildman–Crippen MR) is 104 cm³/mol. The van der Waals surface area contributed by atoms with E-state index in [-0.39, 0.29) is 17.6 Å². The Morgan fingerprint density at radius 3 is 2.60 bits per heavy atom. The molecule has 0 bridgehead atoms. The summed E-state index contributed by atoms with van der Waals surface area (Å²) in [5, 5.41) is 11.4. The van der Waals surface area contributed by atoms with E-state index in [4.69, 9.17) is 0 Å². The van der Waals surface area contributed by atoms with Gasteiger partial charge in [-0.1, -0.05) is 70.4 Å². The number of rotatable bonds is 6. The highest BCUT2D eigenvalue weighted by molar-refractivity contribution is 9.10. The molecule has 1 N–H and O–H groups in total. The lowest BCUT2D eigenvalue weighted by Gasteiger charge is -2.19. The van der Waals surface area contributed by atoms with E-state index >= 15 is 0 Å². The Labute approximate surface area is 163 Å². The molecule has 1 saturated carbocycles. The van der Waals surface area contributed by atoms with Crippen molar-refractivity contribution in [2.75, 3.05) is 11.1 Å². The number of amides is 1. The minimum absolute atomic E-state index is 0.0401. The van der Waals surface area contributed by atoms with Crippen molar-refractivity contribution in [2.24, 2.45) is 5.92 Å². The Morgan fingerprint density at radius 2 is 1.88 bits per heavy atom. The number of benzene rings is 1. The first-order chi connectivity index (χ1) is 12.1. The second-order valence-corrected chi connectivity index (χ2v) is 9.03. The number of nitrogens with zero attached hydrogens (tertiary/aromatic N) is 2. The molecule has 2 aromatic rings. The molecule has 0 saturated heterocycles. The van der Waals surface area contributed by atoms with E-state index < -0.39 is 0 Å². The molecule has 25 heavy (non-hydrogen) atoms. The van der Waals surface area contributed by atoms with Crippen molar-refractivity contribution < 1.29 is 9.59 Å². The van der Waals surface area contributed by atoms with Gasteiger partial charge in [-0.25, -0.2) is 0 Å². The molecule has 1 aliphatic rings. The number of aromatic nitrogens is 2. The minimum atomic E-state index is 0.0401. The van der Waals surface area contributed by atoms with E-state index in [0.29, 0.717) is 20.8 Å². The largest absolute Gasteiger partial charge is 0.300 e. The van der Waals surface area contributed by atoms with Crippen LogP contribution >= 0.6 is 39.0 Å². The van der Waals surface area contributed by atoms with Gasteiger partial charge >= 0.3 is 0 Å². The second kappa shape index (κ2) is 8.91. The molecule has 1 fully saturated rings. The van der Waals surface area contributed by atoms with Crippen LogP contribution in [0.1, 0.15) is 42.5 Å². The fourth-order valence-corrected chi connectivity index (χ4v) is 4.65. The highest BCUT2D eigenvalue weighted by Gasteiger charge is 2.22. The highest BCUT2D eigenvalue weighted by Crippen LogP contribution is 2.29. The Balaban J connectivity index is 1.50. The number of ketones is 1. The molecule has 5 nitrogen and oxygen atoms in total. The third-order valence-corrected chi connectivity index (χ3v) is 6.61. The predicted octanol–water partition coefficient (Wildman–Crippen LogP) is 4.79. The number of carbonyl (C=O) groups excluding carboxylic acids is 2. The van der Waals surface area contributed by atoms with Crippen molar-refractivity contribution in [3.05, 3.63) is 34.3 Å². The van der Waals surface area contributed by atoms with Gasteiger partial charge < -0.3 is 5.32 Å². The lowest BCUT2D eigenvalue weighted by atomic mass is 9.89. The van der Waals surface area contributed by atoms with Gasteiger partial charge in [0.05, 0.1) is 5.75 Å². The normalized spacial score (nSPS) is 15.1. The Bertz CT molecular complexity index is 743.